The van der Waals surface area contributed by atoms with Crippen molar-refractivity contribution in [3.63, 3.8) is 0 Å². The van der Waals surface area contributed by atoms with Crippen LogP contribution < -0.4 is 10.9 Å². The van der Waals surface area contributed by atoms with E-state index in [-0.39, 0.29) is 22.9 Å². The highest BCUT2D eigenvalue weighted by Gasteiger charge is 2.29. The van der Waals surface area contributed by atoms with Crippen molar-refractivity contribution in [2.45, 2.75) is 46.2 Å². The minimum atomic E-state index is -0.552. The Kier molecular flexibility index (Phi) is 3.94. The molecule has 1 aromatic heterocycles. The molecule has 21 heavy (non-hydrogen) atoms. The predicted octanol–water partition coefficient (Wildman–Crippen LogP) is 2.44. The van der Waals surface area contributed by atoms with Crippen LogP contribution in [0.2, 0.25) is 0 Å². The fourth-order valence-corrected chi connectivity index (χ4v) is 2.43. The van der Waals surface area contributed by atoms with Crippen LogP contribution in [-0.4, -0.2) is 21.2 Å². The smallest absolute Gasteiger partial charge is 0.275 e. The third-order valence-corrected chi connectivity index (χ3v) is 3.29. The zero-order valence-corrected chi connectivity index (χ0v) is 13.2. The molecule has 5 heteroatoms. The molecule has 114 valence electrons. The highest BCUT2D eigenvalue weighted by Crippen LogP contribution is 2.19. The molecular weight excluding hydrogens is 266 g/mol. The first-order valence-corrected chi connectivity index (χ1v) is 7.22. The van der Waals surface area contributed by atoms with Crippen molar-refractivity contribution < 1.29 is 4.79 Å². The molecule has 1 heterocycles. The van der Waals surface area contributed by atoms with E-state index in [0.29, 0.717) is 5.39 Å². The van der Waals surface area contributed by atoms with Gasteiger partial charge in [-0.3, -0.25) is 14.7 Å². The van der Waals surface area contributed by atoms with Gasteiger partial charge >= 0.3 is 0 Å². The lowest BCUT2D eigenvalue weighted by atomic mass is 10.0. The quantitative estimate of drug-likeness (QED) is 0.911. The standard InChI is InChI=1S/C16H23N3O2/c1-10(2)13(14(20)17-16(3,4)5)19-15(21)11-8-6-7-9-12(11)18-19/h6-10,13,18H,1-5H3,(H,17,20). The number of amides is 1. The summed E-state index contributed by atoms with van der Waals surface area (Å²) in [6.07, 6.45) is 0. The number of hydrogen-bond donors (Lipinski definition) is 2. The summed E-state index contributed by atoms with van der Waals surface area (Å²) in [5.74, 6) is -0.149. The number of carbonyl (C=O) groups is 1. The van der Waals surface area contributed by atoms with E-state index in [1.165, 1.54) is 4.68 Å². The van der Waals surface area contributed by atoms with Gasteiger partial charge in [0, 0.05) is 5.54 Å². The number of fused-ring (bicyclic) bond motifs is 1. The molecule has 0 aliphatic rings. The minimum absolute atomic E-state index is 0.00175. The lowest BCUT2D eigenvalue weighted by Gasteiger charge is -2.27. The molecule has 2 aromatic rings. The number of H-pyrrole nitrogens is 1. The highest BCUT2D eigenvalue weighted by atomic mass is 16.2. The molecule has 1 amide bonds. The third kappa shape index (κ3) is 3.17. The molecule has 0 saturated heterocycles. The fraction of sp³-hybridized carbons (Fsp3) is 0.500. The number of rotatable bonds is 3. The first-order chi connectivity index (χ1) is 9.70. The third-order valence-electron chi connectivity index (χ3n) is 3.29. The molecule has 0 aliphatic carbocycles. The highest BCUT2D eigenvalue weighted by molar-refractivity contribution is 5.83. The summed E-state index contributed by atoms with van der Waals surface area (Å²) in [5.41, 5.74) is 0.255. The Bertz CT molecular complexity index is 704. The van der Waals surface area contributed by atoms with Crippen LogP contribution in [0.1, 0.15) is 40.7 Å². The second-order valence-electron chi connectivity index (χ2n) is 6.76. The minimum Gasteiger partial charge on any atom is -0.350 e. The van der Waals surface area contributed by atoms with Crippen LogP contribution >= 0.6 is 0 Å². The van der Waals surface area contributed by atoms with E-state index in [9.17, 15) is 9.59 Å². The summed E-state index contributed by atoms with van der Waals surface area (Å²) in [6, 6.07) is 6.74. The topological polar surface area (TPSA) is 66.9 Å². The SMILES string of the molecule is CC(C)C(C(=O)NC(C)(C)C)n1[nH]c2ccccc2c1=O. The van der Waals surface area contributed by atoms with Crippen molar-refractivity contribution in [1.29, 1.82) is 0 Å². The molecule has 0 bridgehead atoms. The van der Waals surface area contributed by atoms with Crippen molar-refractivity contribution in [1.82, 2.24) is 15.1 Å². The Morgan fingerprint density at radius 2 is 1.86 bits per heavy atom. The maximum absolute atomic E-state index is 12.5. The van der Waals surface area contributed by atoms with E-state index in [1.54, 1.807) is 6.07 Å². The average Bonchev–Trinajstić information content (AvgIpc) is 2.65. The molecular formula is C16H23N3O2. The molecule has 5 nitrogen and oxygen atoms in total. The number of para-hydroxylation sites is 1. The molecule has 0 fully saturated rings. The Hall–Kier alpha value is -2.04. The zero-order chi connectivity index (χ0) is 15.8. The van der Waals surface area contributed by atoms with E-state index >= 15 is 0 Å². The Labute approximate surface area is 124 Å². The van der Waals surface area contributed by atoms with Gasteiger partial charge in [0.1, 0.15) is 6.04 Å². The number of benzene rings is 1. The van der Waals surface area contributed by atoms with Gasteiger partial charge in [0.05, 0.1) is 10.9 Å². The van der Waals surface area contributed by atoms with Gasteiger partial charge in [-0.2, -0.15) is 0 Å². The molecule has 1 atom stereocenters. The molecule has 0 saturated carbocycles. The zero-order valence-electron chi connectivity index (χ0n) is 13.2. The number of aromatic nitrogens is 2. The number of hydrogen-bond acceptors (Lipinski definition) is 2. The van der Waals surface area contributed by atoms with Gasteiger partial charge in [0.2, 0.25) is 5.91 Å². The maximum Gasteiger partial charge on any atom is 0.275 e. The summed E-state index contributed by atoms with van der Waals surface area (Å²) in [5, 5.41) is 6.61. The van der Waals surface area contributed by atoms with Crippen LogP contribution in [0.25, 0.3) is 10.9 Å². The lowest BCUT2D eigenvalue weighted by Crippen LogP contribution is -2.47. The van der Waals surface area contributed by atoms with Crippen LogP contribution in [0.3, 0.4) is 0 Å². The van der Waals surface area contributed by atoms with Gasteiger partial charge < -0.3 is 5.32 Å². The molecule has 0 spiro atoms. The molecule has 0 aliphatic heterocycles. The monoisotopic (exact) mass is 289 g/mol. The van der Waals surface area contributed by atoms with Crippen LogP contribution in [0.15, 0.2) is 29.1 Å². The van der Waals surface area contributed by atoms with Crippen LogP contribution in [0.4, 0.5) is 0 Å². The number of nitrogens with one attached hydrogen (secondary N) is 2. The van der Waals surface area contributed by atoms with E-state index < -0.39 is 6.04 Å². The molecule has 2 N–H and O–H groups in total. The summed E-state index contributed by atoms with van der Waals surface area (Å²) in [7, 11) is 0. The number of carbonyl (C=O) groups excluding carboxylic acids is 1. The van der Waals surface area contributed by atoms with Gasteiger partial charge in [-0.1, -0.05) is 26.0 Å². The molecule has 1 unspecified atom stereocenters. The van der Waals surface area contributed by atoms with E-state index in [2.05, 4.69) is 10.4 Å². The predicted molar refractivity (Wildman–Crippen MR) is 84.3 cm³/mol. The van der Waals surface area contributed by atoms with Gasteiger partial charge in [-0.25, -0.2) is 4.68 Å². The van der Waals surface area contributed by atoms with Gasteiger partial charge in [-0.15, -0.1) is 0 Å². The van der Waals surface area contributed by atoms with Crippen molar-refractivity contribution in [2.75, 3.05) is 0 Å². The molecule has 1 aromatic carbocycles. The number of aromatic amines is 1. The maximum atomic E-state index is 12.5. The van der Waals surface area contributed by atoms with Crippen molar-refractivity contribution in [3.8, 4) is 0 Å². The van der Waals surface area contributed by atoms with E-state index in [0.717, 1.165) is 5.52 Å². The molecule has 0 radical (unpaired) electrons. The summed E-state index contributed by atoms with van der Waals surface area (Å²) in [6.45, 7) is 9.65. The first-order valence-electron chi connectivity index (χ1n) is 7.22. The summed E-state index contributed by atoms with van der Waals surface area (Å²) < 4.78 is 1.44. The second-order valence-corrected chi connectivity index (χ2v) is 6.76. The average molecular weight is 289 g/mol. The van der Waals surface area contributed by atoms with Gasteiger partial charge in [0.25, 0.3) is 5.56 Å². The van der Waals surface area contributed by atoms with Crippen molar-refractivity contribution in [3.05, 3.63) is 34.6 Å². The fourth-order valence-electron chi connectivity index (χ4n) is 2.43. The van der Waals surface area contributed by atoms with Gasteiger partial charge in [0.15, 0.2) is 0 Å². The first kappa shape index (κ1) is 15.4. The van der Waals surface area contributed by atoms with Crippen LogP contribution in [0, 0.1) is 5.92 Å². The van der Waals surface area contributed by atoms with Gasteiger partial charge in [-0.05, 0) is 38.8 Å². The Morgan fingerprint density at radius 3 is 2.38 bits per heavy atom. The second kappa shape index (κ2) is 5.39. The van der Waals surface area contributed by atoms with E-state index in [4.69, 9.17) is 0 Å². The van der Waals surface area contributed by atoms with Crippen LogP contribution in [0.5, 0.6) is 0 Å². The number of nitrogens with zero attached hydrogens (tertiary/aromatic N) is 1. The van der Waals surface area contributed by atoms with E-state index in [1.807, 2.05) is 52.8 Å². The Morgan fingerprint density at radius 1 is 1.24 bits per heavy atom. The van der Waals surface area contributed by atoms with Crippen LogP contribution in [-0.2, 0) is 4.79 Å². The largest absolute Gasteiger partial charge is 0.350 e. The summed E-state index contributed by atoms with van der Waals surface area (Å²) in [4.78, 5) is 25.0. The van der Waals surface area contributed by atoms with Crippen molar-refractivity contribution >= 4 is 16.8 Å². The normalized spacial score (nSPS) is 13.6. The lowest BCUT2D eigenvalue weighted by molar-refractivity contribution is -0.127. The van der Waals surface area contributed by atoms with Crippen molar-refractivity contribution in [2.24, 2.45) is 5.92 Å². The summed E-state index contributed by atoms with van der Waals surface area (Å²) >= 11 is 0. The molecule has 2 rings (SSSR count). The Balaban J connectivity index is 2.49.